The van der Waals surface area contributed by atoms with Crippen molar-refractivity contribution < 1.29 is 4.79 Å². The quantitative estimate of drug-likeness (QED) is 0.442. The van der Waals surface area contributed by atoms with Gasteiger partial charge in [-0.05, 0) is 19.1 Å². The third kappa shape index (κ3) is 6.52. The zero-order chi connectivity index (χ0) is 8.53. The standard InChI is InChI=1S/C10H12O/c1-3-5-6-7-9-10(11)8-4-2/h3-9H,1H2,2H3/b6-5-,8-4+,9-7+. The van der Waals surface area contributed by atoms with Crippen LogP contribution in [0.3, 0.4) is 0 Å². The monoisotopic (exact) mass is 148 g/mol. The molecule has 0 aliphatic rings. The van der Waals surface area contributed by atoms with Crippen LogP contribution in [0.2, 0.25) is 0 Å². The number of allylic oxidation sites excluding steroid dienone is 7. The van der Waals surface area contributed by atoms with Gasteiger partial charge in [-0.3, -0.25) is 4.79 Å². The van der Waals surface area contributed by atoms with E-state index in [-0.39, 0.29) is 5.78 Å². The highest BCUT2D eigenvalue weighted by Crippen LogP contribution is 1.82. The van der Waals surface area contributed by atoms with Crippen LogP contribution in [-0.4, -0.2) is 5.78 Å². The zero-order valence-electron chi connectivity index (χ0n) is 6.66. The summed E-state index contributed by atoms with van der Waals surface area (Å²) in [6, 6.07) is 0. The Morgan fingerprint density at radius 2 is 1.91 bits per heavy atom. The first kappa shape index (κ1) is 9.63. The maximum atomic E-state index is 10.8. The SMILES string of the molecule is C=C/C=C\C=C\C(=O)/C=C/C. The molecule has 1 heteroatoms. The van der Waals surface area contributed by atoms with Crippen LogP contribution in [-0.2, 0) is 4.79 Å². The van der Waals surface area contributed by atoms with Gasteiger partial charge in [0.2, 0.25) is 0 Å². The maximum absolute atomic E-state index is 10.8. The van der Waals surface area contributed by atoms with E-state index in [2.05, 4.69) is 6.58 Å². The molecule has 1 nitrogen and oxygen atoms in total. The molecule has 0 unspecified atom stereocenters. The predicted octanol–water partition coefficient (Wildman–Crippen LogP) is 2.43. The van der Waals surface area contributed by atoms with E-state index in [4.69, 9.17) is 0 Å². The van der Waals surface area contributed by atoms with E-state index in [0.29, 0.717) is 0 Å². The molecular formula is C10H12O. The van der Waals surface area contributed by atoms with Crippen LogP contribution < -0.4 is 0 Å². The predicted molar refractivity (Wildman–Crippen MR) is 48.3 cm³/mol. The fraction of sp³-hybridized carbons (Fsp3) is 0.100. The Hall–Kier alpha value is -1.37. The molecule has 0 N–H and O–H groups in total. The Kier molecular flexibility index (Phi) is 5.91. The summed E-state index contributed by atoms with van der Waals surface area (Å²) in [6.45, 7) is 5.30. The highest BCUT2D eigenvalue weighted by Gasteiger charge is 1.82. The van der Waals surface area contributed by atoms with Crippen molar-refractivity contribution in [1.29, 1.82) is 0 Å². The highest BCUT2D eigenvalue weighted by molar-refractivity contribution is 5.99. The number of ketones is 1. The summed E-state index contributed by atoms with van der Waals surface area (Å²) in [4.78, 5) is 10.8. The highest BCUT2D eigenvalue weighted by atomic mass is 16.1. The Labute approximate surface area is 67.4 Å². The van der Waals surface area contributed by atoms with Gasteiger partial charge in [0.25, 0.3) is 0 Å². The van der Waals surface area contributed by atoms with Crippen LogP contribution in [0.25, 0.3) is 0 Å². The van der Waals surface area contributed by atoms with Crippen molar-refractivity contribution >= 4 is 5.78 Å². The van der Waals surface area contributed by atoms with E-state index < -0.39 is 0 Å². The molecule has 0 bridgehead atoms. The second kappa shape index (κ2) is 6.75. The number of carbonyl (C=O) groups is 1. The summed E-state index contributed by atoms with van der Waals surface area (Å²) in [5.74, 6) is 0.00112. The minimum atomic E-state index is 0.00112. The molecule has 0 aromatic heterocycles. The smallest absolute Gasteiger partial charge is 0.178 e. The molecule has 11 heavy (non-hydrogen) atoms. The molecule has 0 amide bonds. The van der Waals surface area contributed by atoms with Crippen LogP contribution in [0, 0.1) is 0 Å². The van der Waals surface area contributed by atoms with Crippen molar-refractivity contribution in [1.82, 2.24) is 0 Å². The molecule has 0 heterocycles. The van der Waals surface area contributed by atoms with Crippen LogP contribution in [0.4, 0.5) is 0 Å². The van der Waals surface area contributed by atoms with Crippen LogP contribution in [0.15, 0.2) is 49.1 Å². The molecule has 0 saturated heterocycles. The summed E-state index contributed by atoms with van der Waals surface area (Å²) in [6.07, 6.45) is 11.6. The number of rotatable bonds is 4. The van der Waals surface area contributed by atoms with E-state index in [1.165, 1.54) is 12.2 Å². The molecule has 0 fully saturated rings. The second-order valence-electron chi connectivity index (χ2n) is 1.88. The lowest BCUT2D eigenvalue weighted by molar-refractivity contribution is -0.110. The summed E-state index contributed by atoms with van der Waals surface area (Å²) < 4.78 is 0. The van der Waals surface area contributed by atoms with E-state index in [1.807, 2.05) is 6.92 Å². The minimum Gasteiger partial charge on any atom is -0.290 e. The van der Waals surface area contributed by atoms with E-state index in [0.717, 1.165) is 0 Å². The third-order valence-corrected chi connectivity index (χ3v) is 0.950. The van der Waals surface area contributed by atoms with Gasteiger partial charge < -0.3 is 0 Å². The Morgan fingerprint density at radius 3 is 2.45 bits per heavy atom. The van der Waals surface area contributed by atoms with E-state index in [1.54, 1.807) is 30.4 Å². The second-order valence-corrected chi connectivity index (χ2v) is 1.88. The fourth-order valence-corrected chi connectivity index (χ4v) is 0.513. The van der Waals surface area contributed by atoms with Crippen molar-refractivity contribution in [2.24, 2.45) is 0 Å². The first-order valence-corrected chi connectivity index (χ1v) is 3.43. The lowest BCUT2D eigenvalue weighted by Gasteiger charge is -1.77. The molecule has 58 valence electrons. The molecule has 0 aromatic rings. The van der Waals surface area contributed by atoms with Crippen LogP contribution in [0.1, 0.15) is 6.92 Å². The van der Waals surface area contributed by atoms with E-state index >= 15 is 0 Å². The molecule has 0 rings (SSSR count). The van der Waals surface area contributed by atoms with Crippen molar-refractivity contribution in [2.75, 3.05) is 0 Å². The van der Waals surface area contributed by atoms with Crippen LogP contribution in [0.5, 0.6) is 0 Å². The van der Waals surface area contributed by atoms with Gasteiger partial charge in [-0.1, -0.05) is 37.0 Å². The van der Waals surface area contributed by atoms with Crippen molar-refractivity contribution in [3.63, 3.8) is 0 Å². The Morgan fingerprint density at radius 1 is 1.18 bits per heavy atom. The topological polar surface area (TPSA) is 17.1 Å². The molecule has 0 saturated carbocycles. The third-order valence-electron chi connectivity index (χ3n) is 0.950. The lowest BCUT2D eigenvalue weighted by Crippen LogP contribution is -1.82. The summed E-state index contributed by atoms with van der Waals surface area (Å²) in [5.41, 5.74) is 0. The van der Waals surface area contributed by atoms with Gasteiger partial charge in [0, 0.05) is 0 Å². The lowest BCUT2D eigenvalue weighted by atomic mass is 10.3. The van der Waals surface area contributed by atoms with Gasteiger partial charge in [0.05, 0.1) is 0 Å². The number of hydrogen-bond donors (Lipinski definition) is 0. The molecule has 0 aliphatic carbocycles. The average molecular weight is 148 g/mol. The zero-order valence-corrected chi connectivity index (χ0v) is 6.66. The molecule has 0 spiro atoms. The Balaban J connectivity index is 3.83. The van der Waals surface area contributed by atoms with Gasteiger partial charge in [-0.2, -0.15) is 0 Å². The van der Waals surface area contributed by atoms with Crippen molar-refractivity contribution in [2.45, 2.75) is 6.92 Å². The largest absolute Gasteiger partial charge is 0.290 e. The normalized spacial score (nSPS) is 11.7. The van der Waals surface area contributed by atoms with Gasteiger partial charge in [0.1, 0.15) is 0 Å². The summed E-state index contributed by atoms with van der Waals surface area (Å²) in [5, 5.41) is 0. The van der Waals surface area contributed by atoms with E-state index in [9.17, 15) is 4.79 Å². The molecule has 0 aliphatic heterocycles. The Bertz CT molecular complexity index is 207. The molecule has 0 atom stereocenters. The maximum Gasteiger partial charge on any atom is 0.178 e. The molecule has 0 aromatic carbocycles. The minimum absolute atomic E-state index is 0.00112. The van der Waals surface area contributed by atoms with Crippen LogP contribution >= 0.6 is 0 Å². The van der Waals surface area contributed by atoms with Gasteiger partial charge in [0.15, 0.2) is 5.78 Å². The van der Waals surface area contributed by atoms with Crippen molar-refractivity contribution in [3.8, 4) is 0 Å². The summed E-state index contributed by atoms with van der Waals surface area (Å²) in [7, 11) is 0. The average Bonchev–Trinajstić information content (AvgIpc) is 1.99. The first-order valence-electron chi connectivity index (χ1n) is 3.43. The fourth-order valence-electron chi connectivity index (χ4n) is 0.513. The number of carbonyl (C=O) groups excluding carboxylic acids is 1. The van der Waals surface area contributed by atoms with Gasteiger partial charge in [-0.15, -0.1) is 0 Å². The van der Waals surface area contributed by atoms with Gasteiger partial charge >= 0.3 is 0 Å². The molecule has 0 radical (unpaired) electrons. The van der Waals surface area contributed by atoms with Crippen molar-refractivity contribution in [3.05, 3.63) is 49.1 Å². The number of hydrogen-bond acceptors (Lipinski definition) is 1. The first-order chi connectivity index (χ1) is 5.31. The molecular weight excluding hydrogens is 136 g/mol. The van der Waals surface area contributed by atoms with Gasteiger partial charge in [-0.25, -0.2) is 0 Å². The summed E-state index contributed by atoms with van der Waals surface area (Å²) >= 11 is 0.